The molecule has 7 nitrogen and oxygen atoms in total. The van der Waals surface area contributed by atoms with Crippen LogP contribution >= 0.6 is 0 Å². The van der Waals surface area contributed by atoms with Gasteiger partial charge in [-0.15, -0.1) is 0 Å². The highest BCUT2D eigenvalue weighted by atomic mass is 16.4. The number of carbonyl (C=O) groups excluding carboxylic acids is 1. The van der Waals surface area contributed by atoms with Gasteiger partial charge in [-0.3, -0.25) is 4.79 Å². The minimum atomic E-state index is -0.0597. The van der Waals surface area contributed by atoms with Crippen molar-refractivity contribution in [2.24, 2.45) is 5.92 Å². The van der Waals surface area contributed by atoms with Gasteiger partial charge in [0.15, 0.2) is 5.76 Å². The lowest BCUT2D eigenvalue weighted by Gasteiger charge is -2.33. The highest BCUT2D eigenvalue weighted by Crippen LogP contribution is 2.32. The molecule has 1 aliphatic rings. The van der Waals surface area contributed by atoms with Crippen LogP contribution in [0.4, 0.5) is 11.6 Å². The van der Waals surface area contributed by atoms with Crippen LogP contribution in [0, 0.1) is 24.2 Å². The average molecular weight is 390 g/mol. The topological polar surface area (TPSA) is 86.5 Å². The summed E-state index contributed by atoms with van der Waals surface area (Å²) in [6, 6.07) is 13.5. The molecule has 0 N–H and O–H groups in total. The van der Waals surface area contributed by atoms with Gasteiger partial charge < -0.3 is 18.6 Å². The molecule has 0 unspecified atom stereocenters. The van der Waals surface area contributed by atoms with Crippen molar-refractivity contribution in [3.8, 4) is 17.7 Å². The fraction of sp³-hybridized carbons (Fsp3) is 0.318. The minimum absolute atomic E-state index is 0.0597. The first-order valence-electron chi connectivity index (χ1n) is 9.61. The number of benzene rings is 1. The summed E-state index contributed by atoms with van der Waals surface area (Å²) >= 11 is 0. The summed E-state index contributed by atoms with van der Waals surface area (Å²) in [4.78, 5) is 20.9. The summed E-state index contributed by atoms with van der Waals surface area (Å²) < 4.78 is 11.1. The summed E-state index contributed by atoms with van der Waals surface area (Å²) in [5, 5.41) is 9.43. The molecule has 4 rings (SSSR count). The second-order valence-electron chi connectivity index (χ2n) is 7.26. The predicted molar refractivity (Wildman–Crippen MR) is 108 cm³/mol. The second-order valence-corrected chi connectivity index (χ2v) is 7.26. The maximum absolute atomic E-state index is 12.9. The third kappa shape index (κ3) is 3.74. The molecular formula is C22H22N4O3. The lowest BCUT2D eigenvalue weighted by molar-refractivity contribution is -0.122. The molecule has 1 amide bonds. The van der Waals surface area contributed by atoms with Crippen LogP contribution in [-0.2, 0) is 4.79 Å². The quantitative estimate of drug-likeness (QED) is 0.669. The van der Waals surface area contributed by atoms with Crippen LogP contribution in [-0.4, -0.2) is 31.0 Å². The fourth-order valence-corrected chi connectivity index (χ4v) is 3.60. The normalized spacial score (nSPS) is 14.6. The van der Waals surface area contributed by atoms with Crippen molar-refractivity contribution < 1.29 is 13.6 Å². The Hall–Kier alpha value is -3.53. The molecule has 1 aliphatic heterocycles. The van der Waals surface area contributed by atoms with E-state index in [4.69, 9.17) is 8.83 Å². The number of aryl methyl sites for hydroxylation is 1. The summed E-state index contributed by atoms with van der Waals surface area (Å²) in [5.74, 6) is 1.27. The Morgan fingerprint density at radius 1 is 1.24 bits per heavy atom. The molecule has 1 fully saturated rings. The van der Waals surface area contributed by atoms with Gasteiger partial charge in [-0.2, -0.15) is 10.2 Å². The van der Waals surface area contributed by atoms with E-state index < -0.39 is 0 Å². The van der Waals surface area contributed by atoms with Crippen molar-refractivity contribution in [3.05, 3.63) is 53.9 Å². The first kappa shape index (κ1) is 18.8. The molecule has 29 heavy (non-hydrogen) atoms. The Labute approximate surface area is 169 Å². The molecule has 0 atom stereocenters. The number of aromatic nitrogens is 1. The molecule has 3 heterocycles. The number of amides is 1. The Bertz CT molecular complexity index is 1020. The molecule has 2 aromatic heterocycles. The Balaban J connectivity index is 1.44. The van der Waals surface area contributed by atoms with Crippen LogP contribution in [0.1, 0.15) is 24.1 Å². The van der Waals surface area contributed by atoms with Gasteiger partial charge in [0.1, 0.15) is 6.07 Å². The molecule has 3 aromatic rings. The van der Waals surface area contributed by atoms with Crippen molar-refractivity contribution >= 4 is 17.5 Å². The second kappa shape index (κ2) is 7.84. The SMILES string of the molecule is Cc1ccc(N(C)C(=O)C2CCN(c3oc(-c4ccco4)nc3C#N)CC2)cc1. The number of oxazole rings is 1. The van der Waals surface area contributed by atoms with Crippen LogP contribution in [0.15, 0.2) is 51.5 Å². The van der Waals surface area contributed by atoms with E-state index in [-0.39, 0.29) is 17.5 Å². The number of carbonyl (C=O) groups is 1. The molecule has 148 valence electrons. The van der Waals surface area contributed by atoms with Gasteiger partial charge in [0.05, 0.1) is 6.26 Å². The molecular weight excluding hydrogens is 368 g/mol. The third-order valence-electron chi connectivity index (χ3n) is 5.33. The van der Waals surface area contributed by atoms with E-state index >= 15 is 0 Å². The summed E-state index contributed by atoms with van der Waals surface area (Å²) in [6.07, 6.45) is 2.92. The van der Waals surface area contributed by atoms with Crippen molar-refractivity contribution in [1.29, 1.82) is 5.26 Å². The predicted octanol–water partition coefficient (Wildman–Crippen LogP) is 3.99. The molecule has 0 aliphatic carbocycles. The van der Waals surface area contributed by atoms with E-state index in [0.717, 1.165) is 11.3 Å². The van der Waals surface area contributed by atoms with Crippen LogP contribution in [0.2, 0.25) is 0 Å². The Kier molecular flexibility index (Phi) is 5.09. The number of hydrogen-bond acceptors (Lipinski definition) is 6. The minimum Gasteiger partial charge on any atom is -0.459 e. The maximum Gasteiger partial charge on any atom is 0.266 e. The zero-order valence-corrected chi connectivity index (χ0v) is 16.5. The number of furan rings is 1. The first-order valence-corrected chi connectivity index (χ1v) is 9.61. The molecule has 7 heteroatoms. The number of piperidine rings is 1. The monoisotopic (exact) mass is 390 g/mol. The van der Waals surface area contributed by atoms with E-state index in [1.807, 2.05) is 43.1 Å². The van der Waals surface area contributed by atoms with Gasteiger partial charge >= 0.3 is 0 Å². The highest BCUT2D eigenvalue weighted by Gasteiger charge is 2.31. The number of nitrogens with zero attached hydrogens (tertiary/aromatic N) is 4. The van der Waals surface area contributed by atoms with E-state index in [9.17, 15) is 10.1 Å². The average Bonchev–Trinajstić information content (AvgIpc) is 3.43. The summed E-state index contributed by atoms with van der Waals surface area (Å²) in [5.41, 5.74) is 2.29. The molecule has 0 saturated carbocycles. The smallest absolute Gasteiger partial charge is 0.266 e. The third-order valence-corrected chi connectivity index (χ3v) is 5.33. The van der Waals surface area contributed by atoms with E-state index in [1.165, 1.54) is 6.26 Å². The molecule has 1 saturated heterocycles. The van der Waals surface area contributed by atoms with Gasteiger partial charge in [-0.1, -0.05) is 17.7 Å². The molecule has 0 spiro atoms. The van der Waals surface area contributed by atoms with Crippen molar-refractivity contribution in [2.75, 3.05) is 29.9 Å². The number of hydrogen-bond donors (Lipinski definition) is 0. The largest absolute Gasteiger partial charge is 0.459 e. The Morgan fingerprint density at radius 3 is 2.59 bits per heavy atom. The lowest BCUT2D eigenvalue weighted by Crippen LogP contribution is -2.41. The number of nitriles is 1. The molecule has 0 bridgehead atoms. The van der Waals surface area contributed by atoms with Crippen LogP contribution in [0.5, 0.6) is 0 Å². The van der Waals surface area contributed by atoms with Gasteiger partial charge in [-0.05, 0) is 44.0 Å². The first-order chi connectivity index (χ1) is 14.1. The standard InChI is InChI=1S/C22H22N4O3/c1-15-5-7-17(8-6-15)25(2)21(27)16-9-11-26(12-10-16)22-18(14-23)24-20(29-22)19-4-3-13-28-19/h3-8,13,16H,9-12H2,1-2H3. The lowest BCUT2D eigenvalue weighted by atomic mass is 9.95. The van der Waals surface area contributed by atoms with Crippen LogP contribution in [0.25, 0.3) is 11.7 Å². The zero-order chi connectivity index (χ0) is 20.4. The van der Waals surface area contributed by atoms with E-state index in [0.29, 0.717) is 43.5 Å². The van der Waals surface area contributed by atoms with Crippen LogP contribution in [0.3, 0.4) is 0 Å². The number of rotatable bonds is 4. The zero-order valence-electron chi connectivity index (χ0n) is 16.5. The van der Waals surface area contributed by atoms with E-state index in [2.05, 4.69) is 11.1 Å². The van der Waals surface area contributed by atoms with Crippen molar-refractivity contribution in [1.82, 2.24) is 4.98 Å². The van der Waals surface area contributed by atoms with Crippen LogP contribution < -0.4 is 9.80 Å². The summed E-state index contributed by atoms with van der Waals surface area (Å²) in [7, 11) is 1.82. The maximum atomic E-state index is 12.9. The van der Waals surface area contributed by atoms with Gasteiger partial charge in [0.25, 0.3) is 5.89 Å². The Morgan fingerprint density at radius 2 is 1.97 bits per heavy atom. The van der Waals surface area contributed by atoms with Crippen molar-refractivity contribution in [3.63, 3.8) is 0 Å². The molecule has 0 radical (unpaired) electrons. The molecule has 1 aromatic carbocycles. The highest BCUT2D eigenvalue weighted by molar-refractivity contribution is 5.94. The van der Waals surface area contributed by atoms with E-state index in [1.54, 1.807) is 17.0 Å². The van der Waals surface area contributed by atoms with Gasteiger partial charge in [-0.25, -0.2) is 0 Å². The summed E-state index contributed by atoms with van der Waals surface area (Å²) in [6.45, 7) is 3.27. The number of anilines is 2. The van der Waals surface area contributed by atoms with Gasteiger partial charge in [0.2, 0.25) is 17.5 Å². The van der Waals surface area contributed by atoms with Gasteiger partial charge in [0, 0.05) is 31.7 Å². The van der Waals surface area contributed by atoms with Crippen molar-refractivity contribution in [2.45, 2.75) is 19.8 Å². The fourth-order valence-electron chi connectivity index (χ4n) is 3.60.